The van der Waals surface area contributed by atoms with Crippen molar-refractivity contribution in [2.45, 2.75) is 6.42 Å². The Kier molecular flexibility index (Phi) is 5.23. The van der Waals surface area contributed by atoms with Gasteiger partial charge < -0.3 is 10.6 Å². The molecule has 3 rings (SSSR count). The summed E-state index contributed by atoms with van der Waals surface area (Å²) in [5.74, 6) is 0.915. The SMILES string of the molecule is Fc1ccccc1CCNc1ccnc(Nc2ccccc2Cl)n1. The van der Waals surface area contributed by atoms with Gasteiger partial charge >= 0.3 is 0 Å². The Morgan fingerprint density at radius 3 is 2.62 bits per heavy atom. The fraction of sp³-hybridized carbons (Fsp3) is 0.111. The first-order chi connectivity index (χ1) is 11.7. The topological polar surface area (TPSA) is 49.8 Å². The van der Waals surface area contributed by atoms with Gasteiger partial charge in [0.05, 0.1) is 10.7 Å². The molecule has 0 aliphatic heterocycles. The molecular formula is C18H16ClFN4. The van der Waals surface area contributed by atoms with E-state index in [-0.39, 0.29) is 5.82 Å². The molecule has 0 saturated heterocycles. The van der Waals surface area contributed by atoms with Crippen LogP contribution in [0.3, 0.4) is 0 Å². The predicted octanol–water partition coefficient (Wildman–Crippen LogP) is 4.67. The third kappa shape index (κ3) is 4.20. The fourth-order valence-corrected chi connectivity index (χ4v) is 2.41. The highest BCUT2D eigenvalue weighted by molar-refractivity contribution is 6.33. The lowest BCUT2D eigenvalue weighted by molar-refractivity contribution is 0.610. The Morgan fingerprint density at radius 1 is 1.00 bits per heavy atom. The number of benzene rings is 2. The summed E-state index contributed by atoms with van der Waals surface area (Å²) in [6.07, 6.45) is 2.22. The van der Waals surface area contributed by atoms with E-state index in [9.17, 15) is 4.39 Å². The summed E-state index contributed by atoms with van der Waals surface area (Å²) in [5.41, 5.74) is 1.41. The first kappa shape index (κ1) is 16.2. The molecule has 0 amide bonds. The van der Waals surface area contributed by atoms with Crippen molar-refractivity contribution < 1.29 is 4.39 Å². The van der Waals surface area contributed by atoms with E-state index >= 15 is 0 Å². The number of aromatic nitrogens is 2. The van der Waals surface area contributed by atoms with Gasteiger partial charge in [0.25, 0.3) is 0 Å². The minimum Gasteiger partial charge on any atom is -0.370 e. The molecule has 0 saturated carbocycles. The molecule has 2 N–H and O–H groups in total. The Balaban J connectivity index is 1.61. The third-order valence-electron chi connectivity index (χ3n) is 3.43. The van der Waals surface area contributed by atoms with Gasteiger partial charge in [-0.2, -0.15) is 4.98 Å². The number of anilines is 3. The molecule has 0 atom stereocenters. The summed E-state index contributed by atoms with van der Waals surface area (Å²) in [6, 6.07) is 15.9. The smallest absolute Gasteiger partial charge is 0.229 e. The molecule has 0 aliphatic rings. The maximum absolute atomic E-state index is 13.6. The normalized spacial score (nSPS) is 10.4. The number of halogens is 2. The van der Waals surface area contributed by atoms with Crippen LogP contribution in [0.5, 0.6) is 0 Å². The zero-order valence-electron chi connectivity index (χ0n) is 12.8. The number of para-hydroxylation sites is 1. The number of hydrogen-bond donors (Lipinski definition) is 2. The Labute approximate surface area is 144 Å². The van der Waals surface area contributed by atoms with E-state index in [1.807, 2.05) is 24.3 Å². The van der Waals surface area contributed by atoms with Gasteiger partial charge in [0.1, 0.15) is 11.6 Å². The summed E-state index contributed by atoms with van der Waals surface area (Å²) in [6.45, 7) is 0.573. The van der Waals surface area contributed by atoms with Crippen LogP contribution >= 0.6 is 11.6 Å². The summed E-state index contributed by atoms with van der Waals surface area (Å²) >= 11 is 6.11. The first-order valence-corrected chi connectivity index (χ1v) is 7.92. The van der Waals surface area contributed by atoms with Gasteiger partial charge in [-0.3, -0.25) is 0 Å². The van der Waals surface area contributed by atoms with Crippen molar-refractivity contribution in [1.82, 2.24) is 9.97 Å². The number of nitrogens with one attached hydrogen (secondary N) is 2. The van der Waals surface area contributed by atoms with Gasteiger partial charge in [-0.1, -0.05) is 41.9 Å². The first-order valence-electron chi connectivity index (χ1n) is 7.54. The molecule has 6 heteroatoms. The summed E-state index contributed by atoms with van der Waals surface area (Å²) in [7, 11) is 0. The zero-order chi connectivity index (χ0) is 16.8. The molecule has 3 aromatic rings. The van der Waals surface area contributed by atoms with E-state index in [0.29, 0.717) is 35.3 Å². The van der Waals surface area contributed by atoms with Crippen LogP contribution in [-0.2, 0) is 6.42 Å². The van der Waals surface area contributed by atoms with E-state index in [1.165, 1.54) is 6.07 Å². The minimum atomic E-state index is -0.192. The molecule has 0 aliphatic carbocycles. The van der Waals surface area contributed by atoms with Gasteiger partial charge in [0.2, 0.25) is 5.95 Å². The molecule has 0 bridgehead atoms. The Hall–Kier alpha value is -2.66. The van der Waals surface area contributed by atoms with Crippen molar-refractivity contribution in [2.75, 3.05) is 17.2 Å². The molecule has 0 radical (unpaired) electrons. The van der Waals surface area contributed by atoms with Gasteiger partial charge in [-0.05, 0) is 36.2 Å². The lowest BCUT2D eigenvalue weighted by atomic mass is 10.1. The zero-order valence-corrected chi connectivity index (χ0v) is 13.6. The van der Waals surface area contributed by atoms with E-state index in [1.54, 1.807) is 30.5 Å². The Bertz CT molecular complexity index is 825. The summed E-state index contributed by atoms with van der Waals surface area (Å²) < 4.78 is 13.6. The molecular weight excluding hydrogens is 327 g/mol. The van der Waals surface area contributed by atoms with Crippen molar-refractivity contribution >= 4 is 29.1 Å². The molecule has 0 unspecified atom stereocenters. The van der Waals surface area contributed by atoms with E-state index < -0.39 is 0 Å². The van der Waals surface area contributed by atoms with Crippen LogP contribution < -0.4 is 10.6 Å². The number of nitrogens with zero attached hydrogens (tertiary/aromatic N) is 2. The maximum Gasteiger partial charge on any atom is 0.229 e. The maximum atomic E-state index is 13.6. The third-order valence-corrected chi connectivity index (χ3v) is 3.76. The minimum absolute atomic E-state index is 0.192. The second-order valence-electron chi connectivity index (χ2n) is 5.14. The van der Waals surface area contributed by atoms with Crippen molar-refractivity contribution in [2.24, 2.45) is 0 Å². The van der Waals surface area contributed by atoms with Crippen molar-refractivity contribution in [3.63, 3.8) is 0 Å². The largest absolute Gasteiger partial charge is 0.370 e. The lowest BCUT2D eigenvalue weighted by Gasteiger charge is -2.09. The predicted molar refractivity (Wildman–Crippen MR) is 95.4 cm³/mol. The van der Waals surface area contributed by atoms with Gasteiger partial charge in [-0.15, -0.1) is 0 Å². The van der Waals surface area contributed by atoms with Crippen LogP contribution in [0.1, 0.15) is 5.56 Å². The lowest BCUT2D eigenvalue weighted by Crippen LogP contribution is -2.08. The van der Waals surface area contributed by atoms with Crippen LogP contribution in [0.4, 0.5) is 21.8 Å². The van der Waals surface area contributed by atoms with Crippen molar-refractivity contribution in [3.05, 3.63) is 77.2 Å². The van der Waals surface area contributed by atoms with E-state index in [2.05, 4.69) is 20.6 Å². The average molecular weight is 343 g/mol. The number of hydrogen-bond acceptors (Lipinski definition) is 4. The van der Waals surface area contributed by atoms with Gasteiger partial charge in [-0.25, -0.2) is 9.37 Å². The van der Waals surface area contributed by atoms with Crippen molar-refractivity contribution in [3.8, 4) is 0 Å². The van der Waals surface area contributed by atoms with Gasteiger partial charge in [0.15, 0.2) is 0 Å². The standard InChI is InChI=1S/C18H16ClFN4/c19-14-6-2-4-8-16(14)23-18-22-12-10-17(24-18)21-11-9-13-5-1-3-7-15(13)20/h1-8,10,12H,9,11H2,(H2,21,22,23,24). The highest BCUT2D eigenvalue weighted by Crippen LogP contribution is 2.23. The second-order valence-corrected chi connectivity index (χ2v) is 5.55. The van der Waals surface area contributed by atoms with Crippen LogP contribution in [0.2, 0.25) is 5.02 Å². The average Bonchev–Trinajstić information content (AvgIpc) is 2.59. The molecule has 2 aromatic carbocycles. The molecule has 0 fully saturated rings. The van der Waals surface area contributed by atoms with Gasteiger partial charge in [0, 0.05) is 12.7 Å². The molecule has 122 valence electrons. The fourth-order valence-electron chi connectivity index (χ4n) is 2.23. The monoisotopic (exact) mass is 342 g/mol. The van der Waals surface area contributed by atoms with Crippen molar-refractivity contribution in [1.29, 1.82) is 0 Å². The highest BCUT2D eigenvalue weighted by atomic mass is 35.5. The van der Waals surface area contributed by atoms with Crippen LogP contribution in [0.15, 0.2) is 60.8 Å². The van der Waals surface area contributed by atoms with E-state index in [0.717, 1.165) is 5.69 Å². The molecule has 24 heavy (non-hydrogen) atoms. The van der Waals surface area contributed by atoms with Crippen LogP contribution in [0.25, 0.3) is 0 Å². The van der Waals surface area contributed by atoms with E-state index in [4.69, 9.17) is 11.6 Å². The highest BCUT2D eigenvalue weighted by Gasteiger charge is 2.04. The quantitative estimate of drug-likeness (QED) is 0.683. The van der Waals surface area contributed by atoms with Crippen LogP contribution in [0, 0.1) is 5.82 Å². The molecule has 4 nitrogen and oxygen atoms in total. The number of rotatable bonds is 6. The second kappa shape index (κ2) is 7.75. The Morgan fingerprint density at radius 2 is 1.79 bits per heavy atom. The molecule has 1 heterocycles. The summed E-state index contributed by atoms with van der Waals surface area (Å²) in [5, 5.41) is 6.84. The summed E-state index contributed by atoms with van der Waals surface area (Å²) in [4.78, 5) is 8.55. The molecule has 0 spiro atoms. The molecule has 1 aromatic heterocycles. The van der Waals surface area contributed by atoms with Crippen LogP contribution in [-0.4, -0.2) is 16.5 Å².